The van der Waals surface area contributed by atoms with Gasteiger partial charge in [0.2, 0.25) is 0 Å². The van der Waals surface area contributed by atoms with Crippen molar-refractivity contribution < 1.29 is 4.79 Å². The summed E-state index contributed by atoms with van der Waals surface area (Å²) < 4.78 is 0. The zero-order valence-electron chi connectivity index (χ0n) is 10.6. The first kappa shape index (κ1) is 12.3. The topological polar surface area (TPSA) is 33.2 Å². The second-order valence-corrected chi connectivity index (χ2v) is 4.36. The number of aromatic nitrogens is 1. The van der Waals surface area contributed by atoms with E-state index in [0.29, 0.717) is 5.56 Å². The van der Waals surface area contributed by atoms with E-state index in [2.05, 4.69) is 22.0 Å². The maximum Gasteiger partial charge on any atom is 0.151 e. The van der Waals surface area contributed by atoms with Crippen LogP contribution in [-0.4, -0.2) is 18.3 Å². The molecule has 0 aliphatic heterocycles. The predicted octanol–water partition coefficient (Wildman–Crippen LogP) is 2.84. The Morgan fingerprint density at radius 1 is 1.28 bits per heavy atom. The Balaban J connectivity index is 2.16. The van der Waals surface area contributed by atoms with Crippen molar-refractivity contribution >= 4 is 12.1 Å². The highest BCUT2D eigenvalue weighted by molar-refractivity contribution is 5.77. The monoisotopic (exact) mass is 240 g/mol. The van der Waals surface area contributed by atoms with Gasteiger partial charge in [-0.25, -0.2) is 4.98 Å². The number of rotatable bonds is 4. The van der Waals surface area contributed by atoms with Crippen molar-refractivity contribution in [2.24, 2.45) is 0 Å². The van der Waals surface area contributed by atoms with Crippen molar-refractivity contribution in [1.82, 2.24) is 4.98 Å². The van der Waals surface area contributed by atoms with E-state index in [9.17, 15) is 4.79 Å². The van der Waals surface area contributed by atoms with Crippen LogP contribution in [0.3, 0.4) is 0 Å². The summed E-state index contributed by atoms with van der Waals surface area (Å²) in [6, 6.07) is 12.2. The molecule has 2 rings (SSSR count). The minimum Gasteiger partial charge on any atom is -0.355 e. The lowest BCUT2D eigenvalue weighted by Crippen LogP contribution is -2.17. The molecular weight excluding hydrogens is 224 g/mol. The molecule has 1 aromatic carbocycles. The van der Waals surface area contributed by atoms with E-state index in [0.717, 1.165) is 24.2 Å². The average molecular weight is 240 g/mol. The van der Waals surface area contributed by atoms with Gasteiger partial charge in [-0.3, -0.25) is 4.79 Å². The molecule has 18 heavy (non-hydrogen) atoms. The number of benzene rings is 1. The number of carbonyl (C=O) groups is 1. The first-order chi connectivity index (χ1) is 8.70. The van der Waals surface area contributed by atoms with Gasteiger partial charge in [0.05, 0.1) is 0 Å². The van der Waals surface area contributed by atoms with Gasteiger partial charge in [-0.05, 0) is 24.1 Å². The van der Waals surface area contributed by atoms with Gasteiger partial charge >= 0.3 is 0 Å². The summed E-state index contributed by atoms with van der Waals surface area (Å²) in [4.78, 5) is 17.1. The largest absolute Gasteiger partial charge is 0.355 e. The van der Waals surface area contributed by atoms with Gasteiger partial charge in [-0.2, -0.15) is 0 Å². The number of pyridine rings is 1. The van der Waals surface area contributed by atoms with Crippen molar-refractivity contribution in [1.29, 1.82) is 0 Å². The fourth-order valence-electron chi connectivity index (χ4n) is 1.82. The van der Waals surface area contributed by atoms with Gasteiger partial charge in [-0.1, -0.05) is 30.3 Å². The lowest BCUT2D eigenvalue weighted by molar-refractivity contribution is 0.112. The van der Waals surface area contributed by atoms with Gasteiger partial charge in [0.1, 0.15) is 5.82 Å². The average Bonchev–Trinajstić information content (AvgIpc) is 2.39. The van der Waals surface area contributed by atoms with Gasteiger partial charge in [0.25, 0.3) is 0 Å². The number of carbonyl (C=O) groups excluding carboxylic acids is 1. The minimum atomic E-state index is 0.645. The highest BCUT2D eigenvalue weighted by Gasteiger charge is 2.05. The Bertz CT molecular complexity index is 537. The van der Waals surface area contributed by atoms with Gasteiger partial charge < -0.3 is 4.90 Å². The summed E-state index contributed by atoms with van der Waals surface area (Å²) in [5.74, 6) is 0.877. The second kappa shape index (κ2) is 5.45. The Labute approximate surface area is 107 Å². The molecule has 0 fully saturated rings. The number of anilines is 1. The fourth-order valence-corrected chi connectivity index (χ4v) is 1.82. The molecule has 0 bridgehead atoms. The lowest BCUT2D eigenvalue weighted by atomic mass is 10.1. The molecule has 1 heterocycles. The van der Waals surface area contributed by atoms with E-state index in [1.807, 2.05) is 38.2 Å². The molecule has 3 nitrogen and oxygen atoms in total. The first-order valence-corrected chi connectivity index (χ1v) is 5.87. The highest BCUT2D eigenvalue weighted by atomic mass is 16.1. The van der Waals surface area contributed by atoms with Crippen molar-refractivity contribution in [3.63, 3.8) is 0 Å². The number of aryl methyl sites for hydroxylation is 1. The summed E-state index contributed by atoms with van der Waals surface area (Å²) in [6.45, 7) is 2.72. The van der Waals surface area contributed by atoms with Gasteiger partial charge in [0.15, 0.2) is 6.29 Å². The zero-order chi connectivity index (χ0) is 13.0. The molecule has 0 saturated heterocycles. The zero-order valence-corrected chi connectivity index (χ0v) is 10.6. The molecule has 0 saturated carbocycles. The van der Waals surface area contributed by atoms with Crippen LogP contribution in [-0.2, 0) is 6.54 Å². The number of nitrogens with zero attached hydrogens (tertiary/aromatic N) is 2. The molecule has 0 amide bonds. The minimum absolute atomic E-state index is 0.645. The molecule has 0 N–H and O–H groups in total. The smallest absolute Gasteiger partial charge is 0.151 e. The summed E-state index contributed by atoms with van der Waals surface area (Å²) >= 11 is 0. The molecule has 0 spiro atoms. The van der Waals surface area contributed by atoms with E-state index >= 15 is 0 Å². The number of hydrogen-bond donors (Lipinski definition) is 0. The van der Waals surface area contributed by atoms with Crippen LogP contribution in [0.15, 0.2) is 42.6 Å². The fraction of sp³-hybridized carbons (Fsp3) is 0.200. The van der Waals surface area contributed by atoms with Crippen LogP contribution in [0.2, 0.25) is 0 Å². The molecule has 0 aliphatic rings. The summed E-state index contributed by atoms with van der Waals surface area (Å²) in [7, 11) is 2.00. The lowest BCUT2D eigenvalue weighted by Gasteiger charge is -2.18. The van der Waals surface area contributed by atoms with E-state index in [-0.39, 0.29) is 0 Å². The predicted molar refractivity (Wildman–Crippen MR) is 72.9 cm³/mol. The molecule has 1 aromatic heterocycles. The van der Waals surface area contributed by atoms with Crippen LogP contribution in [0.4, 0.5) is 5.82 Å². The maximum atomic E-state index is 10.7. The Hall–Kier alpha value is -2.16. The van der Waals surface area contributed by atoms with Crippen molar-refractivity contribution in [2.75, 3.05) is 11.9 Å². The SMILES string of the molecule is Cc1cc(N(C)Cc2ccccc2)ncc1C=O. The molecule has 0 aliphatic carbocycles. The third-order valence-corrected chi connectivity index (χ3v) is 2.92. The quantitative estimate of drug-likeness (QED) is 0.770. The van der Waals surface area contributed by atoms with E-state index in [4.69, 9.17) is 0 Å². The van der Waals surface area contributed by atoms with Crippen molar-refractivity contribution in [3.8, 4) is 0 Å². The van der Waals surface area contributed by atoms with E-state index < -0.39 is 0 Å². The molecule has 2 aromatic rings. The van der Waals surface area contributed by atoms with Crippen LogP contribution in [0.25, 0.3) is 0 Å². The summed E-state index contributed by atoms with van der Waals surface area (Å²) in [5.41, 5.74) is 2.83. The van der Waals surface area contributed by atoms with E-state index in [1.165, 1.54) is 5.56 Å². The number of hydrogen-bond acceptors (Lipinski definition) is 3. The normalized spacial score (nSPS) is 10.1. The summed E-state index contributed by atoms with van der Waals surface area (Å²) in [6.07, 6.45) is 2.46. The number of aldehydes is 1. The van der Waals surface area contributed by atoms with E-state index in [1.54, 1.807) is 6.20 Å². The third kappa shape index (κ3) is 2.74. The van der Waals surface area contributed by atoms with Crippen LogP contribution < -0.4 is 4.90 Å². The van der Waals surface area contributed by atoms with Crippen LogP contribution in [0, 0.1) is 6.92 Å². The van der Waals surface area contributed by atoms with Crippen LogP contribution in [0.5, 0.6) is 0 Å². The van der Waals surface area contributed by atoms with Crippen molar-refractivity contribution in [2.45, 2.75) is 13.5 Å². The molecule has 0 radical (unpaired) electrons. The second-order valence-electron chi connectivity index (χ2n) is 4.36. The molecule has 3 heteroatoms. The van der Waals surface area contributed by atoms with Gasteiger partial charge in [-0.15, -0.1) is 0 Å². The first-order valence-electron chi connectivity index (χ1n) is 5.87. The molecule has 0 unspecified atom stereocenters. The Kier molecular flexibility index (Phi) is 3.72. The third-order valence-electron chi connectivity index (χ3n) is 2.92. The van der Waals surface area contributed by atoms with Gasteiger partial charge in [0, 0.05) is 25.4 Å². The molecule has 0 atom stereocenters. The van der Waals surface area contributed by atoms with Crippen molar-refractivity contribution in [3.05, 3.63) is 59.3 Å². The molecular formula is C15H16N2O. The van der Waals surface area contributed by atoms with Crippen LogP contribution >= 0.6 is 0 Å². The van der Waals surface area contributed by atoms with Crippen LogP contribution in [0.1, 0.15) is 21.5 Å². The Morgan fingerprint density at radius 3 is 2.61 bits per heavy atom. The molecule has 92 valence electrons. The summed E-state index contributed by atoms with van der Waals surface area (Å²) in [5, 5.41) is 0. The Morgan fingerprint density at radius 2 is 2.00 bits per heavy atom. The standard InChI is InChI=1S/C15H16N2O/c1-12-8-15(16-9-14(12)11-18)17(2)10-13-6-4-3-5-7-13/h3-9,11H,10H2,1-2H3. The highest BCUT2D eigenvalue weighted by Crippen LogP contribution is 2.15. The maximum absolute atomic E-state index is 10.7.